The van der Waals surface area contributed by atoms with Crippen molar-refractivity contribution in [3.05, 3.63) is 62.9 Å². The molecule has 0 spiro atoms. The number of hydrogen-bond acceptors (Lipinski definition) is 4. The van der Waals surface area contributed by atoms with E-state index in [1.807, 2.05) is 0 Å². The van der Waals surface area contributed by atoms with E-state index in [0.717, 1.165) is 0 Å². The number of carbonyl (C=O) groups excluding carboxylic acids is 2. The van der Waals surface area contributed by atoms with Crippen molar-refractivity contribution in [1.29, 1.82) is 0 Å². The summed E-state index contributed by atoms with van der Waals surface area (Å²) in [7, 11) is 0. The van der Waals surface area contributed by atoms with Gasteiger partial charge in [0.25, 0.3) is 5.91 Å². The van der Waals surface area contributed by atoms with Crippen molar-refractivity contribution >= 4 is 46.7 Å². The number of benzene rings is 1. The Morgan fingerprint density at radius 2 is 1.88 bits per heavy atom. The molecule has 1 aromatic carbocycles. The van der Waals surface area contributed by atoms with Crippen molar-refractivity contribution in [2.45, 2.75) is 26.0 Å². The highest BCUT2D eigenvalue weighted by Gasteiger charge is 2.23. The number of carbonyl (C=O) groups is 2. The Labute approximate surface area is 160 Å². The molecule has 0 fully saturated rings. The standard InChI is InChI=1S/C17H15Cl3N2O3/c1-9(12-6-5-11(18)8-14(12)19)22-16(23)10(2)25-17(24)13-4-3-7-21-15(13)20/h3-10H,1-2H3,(H,22,23)/t9-,10-/m1/s1. The zero-order valence-corrected chi connectivity index (χ0v) is 15.7. The average molecular weight is 402 g/mol. The van der Waals surface area contributed by atoms with Crippen LogP contribution in [0.5, 0.6) is 0 Å². The summed E-state index contributed by atoms with van der Waals surface area (Å²) in [6.45, 7) is 3.23. The van der Waals surface area contributed by atoms with Gasteiger partial charge in [0.15, 0.2) is 6.10 Å². The van der Waals surface area contributed by atoms with E-state index in [4.69, 9.17) is 39.5 Å². The predicted molar refractivity (Wildman–Crippen MR) is 97.1 cm³/mol. The third-order valence-electron chi connectivity index (χ3n) is 3.42. The van der Waals surface area contributed by atoms with E-state index < -0.39 is 18.0 Å². The maximum Gasteiger partial charge on any atom is 0.342 e. The van der Waals surface area contributed by atoms with Gasteiger partial charge in [-0.3, -0.25) is 4.79 Å². The molecule has 0 saturated carbocycles. The van der Waals surface area contributed by atoms with Gasteiger partial charge in [-0.25, -0.2) is 9.78 Å². The fourth-order valence-corrected chi connectivity index (χ4v) is 2.85. The van der Waals surface area contributed by atoms with Crippen LogP contribution in [-0.2, 0) is 9.53 Å². The normalized spacial score (nSPS) is 13.0. The van der Waals surface area contributed by atoms with Crippen LogP contribution < -0.4 is 5.32 Å². The molecule has 1 amide bonds. The maximum absolute atomic E-state index is 12.3. The molecule has 0 aliphatic heterocycles. The minimum atomic E-state index is -1.02. The Morgan fingerprint density at radius 3 is 2.52 bits per heavy atom. The van der Waals surface area contributed by atoms with E-state index in [2.05, 4.69) is 10.3 Å². The number of hydrogen-bond donors (Lipinski definition) is 1. The number of amides is 1. The highest BCUT2D eigenvalue weighted by molar-refractivity contribution is 6.35. The first-order valence-electron chi connectivity index (χ1n) is 7.36. The van der Waals surface area contributed by atoms with Crippen molar-refractivity contribution in [3.8, 4) is 0 Å². The summed E-state index contributed by atoms with van der Waals surface area (Å²) in [4.78, 5) is 28.1. The first kappa shape index (κ1) is 19.5. The van der Waals surface area contributed by atoms with Gasteiger partial charge in [-0.1, -0.05) is 40.9 Å². The highest BCUT2D eigenvalue weighted by Crippen LogP contribution is 2.26. The van der Waals surface area contributed by atoms with Crippen molar-refractivity contribution in [2.24, 2.45) is 0 Å². The van der Waals surface area contributed by atoms with Crippen LogP contribution in [0.15, 0.2) is 36.5 Å². The summed E-state index contributed by atoms with van der Waals surface area (Å²) in [5, 5.41) is 3.69. The van der Waals surface area contributed by atoms with Gasteiger partial charge >= 0.3 is 5.97 Å². The second-order valence-electron chi connectivity index (χ2n) is 5.29. The lowest BCUT2D eigenvalue weighted by Crippen LogP contribution is -2.37. The van der Waals surface area contributed by atoms with Gasteiger partial charge in [-0.15, -0.1) is 0 Å². The molecule has 2 atom stereocenters. The molecule has 2 aromatic rings. The Bertz CT molecular complexity index is 798. The van der Waals surface area contributed by atoms with Crippen LogP contribution in [0.4, 0.5) is 0 Å². The molecule has 0 aliphatic rings. The van der Waals surface area contributed by atoms with Crippen LogP contribution in [0.3, 0.4) is 0 Å². The lowest BCUT2D eigenvalue weighted by molar-refractivity contribution is -0.129. The van der Waals surface area contributed by atoms with E-state index in [1.54, 1.807) is 31.2 Å². The molecule has 0 radical (unpaired) electrons. The number of nitrogens with zero attached hydrogens (tertiary/aromatic N) is 1. The Hall–Kier alpha value is -1.82. The Kier molecular flexibility index (Phi) is 6.64. The molecule has 5 nitrogen and oxygen atoms in total. The van der Waals surface area contributed by atoms with Gasteiger partial charge in [0, 0.05) is 16.2 Å². The predicted octanol–water partition coefficient (Wildman–Crippen LogP) is 4.46. The Morgan fingerprint density at radius 1 is 1.16 bits per heavy atom. The maximum atomic E-state index is 12.3. The molecule has 0 aliphatic carbocycles. The van der Waals surface area contributed by atoms with E-state index in [9.17, 15) is 9.59 Å². The average Bonchev–Trinajstić information content (AvgIpc) is 2.54. The smallest absolute Gasteiger partial charge is 0.342 e. The molecule has 8 heteroatoms. The van der Waals surface area contributed by atoms with Gasteiger partial charge < -0.3 is 10.1 Å². The van der Waals surface area contributed by atoms with Crippen LogP contribution in [0, 0.1) is 0 Å². The molecule has 0 saturated heterocycles. The Balaban J connectivity index is 2.00. The van der Waals surface area contributed by atoms with Gasteiger partial charge in [-0.05, 0) is 43.7 Å². The number of halogens is 3. The van der Waals surface area contributed by atoms with E-state index in [1.165, 1.54) is 19.2 Å². The van der Waals surface area contributed by atoms with Crippen molar-refractivity contribution < 1.29 is 14.3 Å². The van der Waals surface area contributed by atoms with Crippen LogP contribution >= 0.6 is 34.8 Å². The molecule has 1 aromatic heterocycles. The van der Waals surface area contributed by atoms with Crippen molar-refractivity contribution in [3.63, 3.8) is 0 Å². The minimum Gasteiger partial charge on any atom is -0.449 e. The zero-order chi connectivity index (χ0) is 18.6. The highest BCUT2D eigenvalue weighted by atomic mass is 35.5. The summed E-state index contributed by atoms with van der Waals surface area (Å²) >= 11 is 17.8. The number of aromatic nitrogens is 1. The van der Waals surface area contributed by atoms with Crippen molar-refractivity contribution in [1.82, 2.24) is 10.3 Å². The van der Waals surface area contributed by atoms with E-state index >= 15 is 0 Å². The minimum absolute atomic E-state index is 0.0152. The van der Waals surface area contributed by atoms with Gasteiger partial charge in [0.05, 0.1) is 11.6 Å². The fraction of sp³-hybridized carbons (Fsp3) is 0.235. The molecule has 1 N–H and O–H groups in total. The fourth-order valence-electron chi connectivity index (χ4n) is 2.08. The second-order valence-corrected chi connectivity index (χ2v) is 6.49. The summed E-state index contributed by atoms with van der Waals surface area (Å²) in [5.74, 6) is -1.19. The summed E-state index contributed by atoms with van der Waals surface area (Å²) in [6.07, 6.45) is 0.435. The third-order valence-corrected chi connectivity index (χ3v) is 4.28. The van der Waals surface area contributed by atoms with Crippen LogP contribution in [0.25, 0.3) is 0 Å². The molecule has 2 rings (SSSR count). The largest absolute Gasteiger partial charge is 0.449 e. The number of pyridine rings is 1. The first-order valence-corrected chi connectivity index (χ1v) is 8.49. The number of nitrogens with one attached hydrogen (secondary N) is 1. The lowest BCUT2D eigenvalue weighted by Gasteiger charge is -2.19. The summed E-state index contributed by atoms with van der Waals surface area (Å²) in [6, 6.07) is 7.63. The molecule has 132 valence electrons. The van der Waals surface area contributed by atoms with Gasteiger partial charge in [-0.2, -0.15) is 0 Å². The van der Waals surface area contributed by atoms with E-state index in [-0.39, 0.29) is 16.8 Å². The van der Waals surface area contributed by atoms with Crippen LogP contribution in [-0.4, -0.2) is 23.0 Å². The van der Waals surface area contributed by atoms with Gasteiger partial charge in [0.2, 0.25) is 0 Å². The molecule has 0 unspecified atom stereocenters. The SMILES string of the molecule is C[C@@H](OC(=O)c1cccnc1Cl)C(=O)N[C@H](C)c1ccc(Cl)cc1Cl. The second kappa shape index (κ2) is 8.52. The summed E-state index contributed by atoms with van der Waals surface area (Å²) in [5.41, 5.74) is 0.797. The van der Waals surface area contributed by atoms with E-state index in [0.29, 0.717) is 15.6 Å². The lowest BCUT2D eigenvalue weighted by atomic mass is 10.1. The number of rotatable bonds is 5. The monoisotopic (exact) mass is 400 g/mol. The molecular weight excluding hydrogens is 387 g/mol. The molecular formula is C17H15Cl3N2O3. The quantitative estimate of drug-likeness (QED) is 0.593. The third kappa shape index (κ3) is 5.08. The van der Waals surface area contributed by atoms with Crippen LogP contribution in [0.2, 0.25) is 15.2 Å². The summed E-state index contributed by atoms with van der Waals surface area (Å²) < 4.78 is 5.14. The topological polar surface area (TPSA) is 68.3 Å². The van der Waals surface area contributed by atoms with Crippen LogP contribution in [0.1, 0.15) is 35.8 Å². The number of ether oxygens (including phenoxy) is 1. The zero-order valence-electron chi connectivity index (χ0n) is 13.4. The molecule has 0 bridgehead atoms. The van der Waals surface area contributed by atoms with Gasteiger partial charge in [0.1, 0.15) is 5.15 Å². The molecule has 25 heavy (non-hydrogen) atoms. The first-order chi connectivity index (χ1) is 11.8. The van der Waals surface area contributed by atoms with Crippen molar-refractivity contribution in [2.75, 3.05) is 0 Å². The molecule has 1 heterocycles. The number of esters is 1.